The molecule has 0 aliphatic carbocycles. The van der Waals surface area contributed by atoms with Crippen LogP contribution in [-0.2, 0) is 40.4 Å². The van der Waals surface area contributed by atoms with Crippen molar-refractivity contribution >= 4 is 5.91 Å². The van der Waals surface area contributed by atoms with Crippen LogP contribution in [-0.4, -0.2) is 58.7 Å². The van der Waals surface area contributed by atoms with E-state index in [0.29, 0.717) is 39.3 Å². The van der Waals surface area contributed by atoms with Crippen molar-refractivity contribution in [2.45, 2.75) is 51.0 Å². The van der Waals surface area contributed by atoms with Gasteiger partial charge in [0.1, 0.15) is 11.4 Å². The van der Waals surface area contributed by atoms with E-state index in [2.05, 4.69) is 10.3 Å². The van der Waals surface area contributed by atoms with E-state index in [1.54, 1.807) is 14.2 Å². The number of carbonyl (C=O) groups is 1. The van der Waals surface area contributed by atoms with Crippen LogP contribution in [0.25, 0.3) is 0 Å². The fraction of sp³-hybridized carbons (Fsp3) is 0.571. The van der Waals surface area contributed by atoms with Crippen LogP contribution in [0.15, 0.2) is 24.3 Å². The number of amides is 1. The largest absolute Gasteiger partial charge is 0.497 e. The van der Waals surface area contributed by atoms with Crippen molar-refractivity contribution in [1.82, 2.24) is 19.9 Å². The molecule has 0 N–H and O–H groups in total. The van der Waals surface area contributed by atoms with Crippen molar-refractivity contribution in [3.8, 4) is 5.75 Å². The third kappa shape index (κ3) is 4.28. The summed E-state index contributed by atoms with van der Waals surface area (Å²) in [4.78, 5) is 14.6. The van der Waals surface area contributed by atoms with E-state index in [0.717, 1.165) is 42.0 Å². The third-order valence-electron chi connectivity index (χ3n) is 5.94. The smallest absolute Gasteiger partial charge is 0.222 e. The van der Waals surface area contributed by atoms with Crippen molar-refractivity contribution in [3.63, 3.8) is 0 Å². The van der Waals surface area contributed by atoms with Gasteiger partial charge in [0.2, 0.25) is 5.91 Å². The van der Waals surface area contributed by atoms with E-state index < -0.39 is 0 Å². The first-order chi connectivity index (χ1) is 14.1. The Morgan fingerprint density at radius 3 is 2.86 bits per heavy atom. The molecule has 1 aromatic heterocycles. The molecule has 1 aromatic carbocycles. The molecule has 0 radical (unpaired) electrons. The van der Waals surface area contributed by atoms with E-state index in [1.165, 1.54) is 0 Å². The molecule has 0 saturated carbocycles. The van der Waals surface area contributed by atoms with Crippen LogP contribution in [0.5, 0.6) is 5.75 Å². The monoisotopic (exact) mass is 400 g/mol. The van der Waals surface area contributed by atoms with Crippen LogP contribution in [0.2, 0.25) is 0 Å². The zero-order chi connectivity index (χ0) is 20.3. The number of aromatic nitrogens is 3. The van der Waals surface area contributed by atoms with E-state index in [4.69, 9.17) is 14.2 Å². The van der Waals surface area contributed by atoms with Gasteiger partial charge in [-0.25, -0.2) is 4.68 Å². The molecule has 1 spiro atoms. The Hall–Kier alpha value is -2.45. The summed E-state index contributed by atoms with van der Waals surface area (Å²) in [5.41, 5.74) is 2.70. The first-order valence-corrected chi connectivity index (χ1v) is 10.1. The molecule has 1 saturated heterocycles. The SMILES string of the molecule is COCc1nnn2c1COC1(CCN(C(=O)CCc3cccc(OC)c3)CC1)C2. The zero-order valence-electron chi connectivity index (χ0n) is 17.1. The van der Waals surface area contributed by atoms with Crippen LogP contribution < -0.4 is 4.74 Å². The summed E-state index contributed by atoms with van der Waals surface area (Å²) in [6, 6.07) is 7.89. The molecule has 0 bridgehead atoms. The topological polar surface area (TPSA) is 78.7 Å². The standard InChI is InChI=1S/C21H28N4O4/c1-27-13-18-19-14-29-21(15-25(19)23-22-18)8-10-24(11-9-21)20(26)7-6-16-4-3-5-17(12-16)28-2/h3-5,12H,6-11,13-15H2,1-2H3. The maximum atomic E-state index is 12.7. The van der Waals surface area contributed by atoms with Gasteiger partial charge in [-0.3, -0.25) is 4.79 Å². The van der Waals surface area contributed by atoms with E-state index in [9.17, 15) is 4.79 Å². The highest BCUT2D eigenvalue weighted by Gasteiger charge is 2.41. The van der Waals surface area contributed by atoms with Crippen LogP contribution in [0.4, 0.5) is 0 Å². The minimum atomic E-state index is -0.255. The van der Waals surface area contributed by atoms with E-state index in [-0.39, 0.29) is 11.5 Å². The molecule has 29 heavy (non-hydrogen) atoms. The Labute approximate surface area is 170 Å². The minimum absolute atomic E-state index is 0.197. The molecule has 1 fully saturated rings. The number of likely N-dealkylation sites (tertiary alicyclic amines) is 1. The maximum absolute atomic E-state index is 12.7. The van der Waals surface area contributed by atoms with Gasteiger partial charge in [0.05, 0.1) is 38.2 Å². The number of fused-ring (bicyclic) bond motifs is 1. The molecule has 0 atom stereocenters. The highest BCUT2D eigenvalue weighted by Crippen LogP contribution is 2.33. The second-order valence-corrected chi connectivity index (χ2v) is 7.78. The Kier molecular flexibility index (Phi) is 5.82. The number of benzene rings is 1. The van der Waals surface area contributed by atoms with Crippen molar-refractivity contribution in [1.29, 1.82) is 0 Å². The minimum Gasteiger partial charge on any atom is -0.497 e. The Morgan fingerprint density at radius 2 is 2.10 bits per heavy atom. The molecule has 1 amide bonds. The second kappa shape index (κ2) is 8.51. The summed E-state index contributed by atoms with van der Waals surface area (Å²) in [7, 11) is 3.31. The Balaban J connectivity index is 1.30. The highest BCUT2D eigenvalue weighted by atomic mass is 16.5. The first kappa shape index (κ1) is 19.8. The third-order valence-corrected chi connectivity index (χ3v) is 5.94. The van der Waals surface area contributed by atoms with Crippen LogP contribution >= 0.6 is 0 Å². The van der Waals surface area contributed by atoms with E-state index in [1.807, 2.05) is 33.8 Å². The van der Waals surface area contributed by atoms with Gasteiger partial charge in [-0.05, 0) is 37.0 Å². The molecule has 8 nitrogen and oxygen atoms in total. The highest BCUT2D eigenvalue weighted by molar-refractivity contribution is 5.76. The molecule has 8 heteroatoms. The molecule has 0 unspecified atom stereocenters. The molecule has 3 heterocycles. The van der Waals surface area contributed by atoms with Gasteiger partial charge in [0.15, 0.2) is 0 Å². The molecule has 4 rings (SSSR count). The maximum Gasteiger partial charge on any atom is 0.222 e. The molecule has 2 aliphatic heterocycles. The van der Waals surface area contributed by atoms with Crippen molar-refractivity contribution in [2.75, 3.05) is 27.3 Å². The molecule has 156 valence electrons. The summed E-state index contributed by atoms with van der Waals surface area (Å²) in [5.74, 6) is 1.02. The lowest BCUT2D eigenvalue weighted by atomic mass is 9.89. The lowest BCUT2D eigenvalue weighted by Gasteiger charge is -2.43. The van der Waals surface area contributed by atoms with Gasteiger partial charge >= 0.3 is 0 Å². The average Bonchev–Trinajstić information content (AvgIpc) is 3.14. The van der Waals surface area contributed by atoms with Crippen molar-refractivity contribution < 1.29 is 19.0 Å². The Morgan fingerprint density at radius 1 is 1.28 bits per heavy atom. The summed E-state index contributed by atoms with van der Waals surface area (Å²) in [6.07, 6.45) is 2.86. The number of ether oxygens (including phenoxy) is 3. The number of carbonyl (C=O) groups excluding carboxylic acids is 1. The molecule has 2 aliphatic rings. The molecular weight excluding hydrogens is 372 g/mol. The average molecular weight is 400 g/mol. The number of nitrogens with zero attached hydrogens (tertiary/aromatic N) is 4. The fourth-order valence-corrected chi connectivity index (χ4v) is 4.15. The number of aryl methyl sites for hydroxylation is 1. The predicted molar refractivity (Wildman–Crippen MR) is 105 cm³/mol. The van der Waals surface area contributed by atoms with Gasteiger partial charge < -0.3 is 19.1 Å². The normalized spacial score (nSPS) is 17.9. The van der Waals surface area contributed by atoms with Crippen LogP contribution in [0.1, 0.15) is 36.2 Å². The number of hydrogen-bond donors (Lipinski definition) is 0. The summed E-state index contributed by atoms with van der Waals surface area (Å²) < 4.78 is 18.6. The quantitative estimate of drug-likeness (QED) is 0.738. The number of piperidine rings is 1. The van der Waals surface area contributed by atoms with E-state index >= 15 is 0 Å². The Bertz CT molecular complexity index is 858. The fourth-order valence-electron chi connectivity index (χ4n) is 4.15. The molecule has 2 aromatic rings. The van der Waals surface area contributed by atoms with Gasteiger partial charge in [-0.1, -0.05) is 17.3 Å². The van der Waals surface area contributed by atoms with Crippen LogP contribution in [0.3, 0.4) is 0 Å². The van der Waals surface area contributed by atoms with Gasteiger partial charge in [-0.15, -0.1) is 5.10 Å². The number of hydrogen-bond acceptors (Lipinski definition) is 6. The summed E-state index contributed by atoms with van der Waals surface area (Å²) in [6.45, 7) is 3.05. The lowest BCUT2D eigenvalue weighted by molar-refractivity contribution is -0.146. The van der Waals surface area contributed by atoms with Gasteiger partial charge in [0, 0.05) is 26.6 Å². The predicted octanol–water partition coefficient (Wildman–Crippen LogP) is 1.96. The summed E-state index contributed by atoms with van der Waals surface area (Å²) >= 11 is 0. The summed E-state index contributed by atoms with van der Waals surface area (Å²) in [5, 5.41) is 8.48. The van der Waals surface area contributed by atoms with Crippen molar-refractivity contribution in [3.05, 3.63) is 41.2 Å². The zero-order valence-corrected chi connectivity index (χ0v) is 17.1. The van der Waals surface area contributed by atoms with Gasteiger partial charge in [0.25, 0.3) is 0 Å². The van der Waals surface area contributed by atoms with Crippen LogP contribution in [0, 0.1) is 0 Å². The number of rotatable bonds is 6. The first-order valence-electron chi connectivity index (χ1n) is 10.1. The number of methoxy groups -OCH3 is 2. The molecular formula is C21H28N4O4. The van der Waals surface area contributed by atoms with Gasteiger partial charge in [-0.2, -0.15) is 0 Å². The second-order valence-electron chi connectivity index (χ2n) is 7.78. The lowest BCUT2D eigenvalue weighted by Crippen LogP contribution is -2.52. The van der Waals surface area contributed by atoms with Crippen molar-refractivity contribution in [2.24, 2.45) is 0 Å².